The fraction of sp³-hybridized carbons (Fsp3) is 0.286. The van der Waals surface area contributed by atoms with Crippen molar-refractivity contribution in [3.8, 4) is 6.07 Å². The molecule has 1 heterocycles. The number of aliphatic hydroxyl groups is 1. The first-order valence-corrected chi connectivity index (χ1v) is 5.57. The van der Waals surface area contributed by atoms with E-state index in [1.807, 2.05) is 37.3 Å². The van der Waals surface area contributed by atoms with Crippen molar-refractivity contribution in [1.29, 1.82) is 5.26 Å². The number of pyridine rings is 1. The van der Waals surface area contributed by atoms with E-state index in [1.165, 1.54) is 0 Å². The Morgan fingerprint density at radius 2 is 2.06 bits per heavy atom. The summed E-state index contributed by atoms with van der Waals surface area (Å²) in [6, 6.07) is 11.6. The SMILES string of the molecule is Cc1cc(C(O)C(C)C#N)c2ccccc2n1. The lowest BCUT2D eigenvalue weighted by Crippen LogP contribution is -2.08. The second-order valence-electron chi connectivity index (χ2n) is 4.23. The lowest BCUT2D eigenvalue weighted by molar-refractivity contribution is 0.144. The second kappa shape index (κ2) is 4.52. The maximum atomic E-state index is 10.2. The van der Waals surface area contributed by atoms with Gasteiger partial charge in [0.25, 0.3) is 0 Å². The summed E-state index contributed by atoms with van der Waals surface area (Å²) < 4.78 is 0. The van der Waals surface area contributed by atoms with E-state index in [4.69, 9.17) is 5.26 Å². The largest absolute Gasteiger partial charge is 0.387 e. The van der Waals surface area contributed by atoms with Gasteiger partial charge in [-0.15, -0.1) is 0 Å². The van der Waals surface area contributed by atoms with Crippen molar-refractivity contribution in [3.63, 3.8) is 0 Å². The molecule has 1 aromatic carbocycles. The average molecular weight is 226 g/mol. The molecule has 0 radical (unpaired) electrons. The molecule has 2 unspecified atom stereocenters. The van der Waals surface area contributed by atoms with Crippen molar-refractivity contribution in [1.82, 2.24) is 4.98 Å². The van der Waals surface area contributed by atoms with Gasteiger partial charge in [-0.2, -0.15) is 5.26 Å². The molecule has 0 spiro atoms. The van der Waals surface area contributed by atoms with Crippen LogP contribution in [0, 0.1) is 24.2 Å². The molecule has 0 amide bonds. The number of rotatable bonds is 2. The van der Waals surface area contributed by atoms with Crippen LogP contribution in [0.25, 0.3) is 10.9 Å². The number of para-hydroxylation sites is 1. The fourth-order valence-electron chi connectivity index (χ4n) is 1.92. The minimum absolute atomic E-state index is 0.430. The first-order valence-electron chi connectivity index (χ1n) is 5.57. The van der Waals surface area contributed by atoms with Gasteiger partial charge in [0, 0.05) is 11.1 Å². The minimum atomic E-state index is -0.772. The summed E-state index contributed by atoms with van der Waals surface area (Å²) in [5.41, 5.74) is 2.48. The summed E-state index contributed by atoms with van der Waals surface area (Å²) in [4.78, 5) is 4.41. The monoisotopic (exact) mass is 226 g/mol. The van der Waals surface area contributed by atoms with Gasteiger partial charge in [0.15, 0.2) is 0 Å². The number of hydrogen-bond acceptors (Lipinski definition) is 3. The highest BCUT2D eigenvalue weighted by Crippen LogP contribution is 2.28. The van der Waals surface area contributed by atoms with Crippen LogP contribution in [-0.2, 0) is 0 Å². The predicted molar refractivity (Wildman–Crippen MR) is 66.2 cm³/mol. The summed E-state index contributed by atoms with van der Waals surface area (Å²) in [5.74, 6) is -0.430. The summed E-state index contributed by atoms with van der Waals surface area (Å²) in [5, 5.41) is 20.0. The number of nitriles is 1. The predicted octanol–water partition coefficient (Wildman–Crippen LogP) is 2.74. The number of nitrogens with zero attached hydrogens (tertiary/aromatic N) is 2. The Labute approximate surface area is 100 Å². The Kier molecular flexibility index (Phi) is 3.08. The number of aliphatic hydroxyl groups excluding tert-OH is 1. The zero-order chi connectivity index (χ0) is 12.4. The highest BCUT2D eigenvalue weighted by atomic mass is 16.3. The molecule has 3 nitrogen and oxygen atoms in total. The van der Waals surface area contributed by atoms with Crippen LogP contribution in [0.15, 0.2) is 30.3 Å². The number of fused-ring (bicyclic) bond motifs is 1. The molecule has 86 valence electrons. The van der Waals surface area contributed by atoms with Crippen molar-refractivity contribution in [3.05, 3.63) is 41.6 Å². The molecular weight excluding hydrogens is 212 g/mol. The number of hydrogen-bond donors (Lipinski definition) is 1. The zero-order valence-electron chi connectivity index (χ0n) is 9.88. The molecule has 1 N–H and O–H groups in total. The third kappa shape index (κ3) is 2.13. The maximum Gasteiger partial charge on any atom is 0.0952 e. The van der Waals surface area contributed by atoms with Gasteiger partial charge in [0.05, 0.1) is 23.6 Å². The molecule has 0 fully saturated rings. The van der Waals surface area contributed by atoms with Crippen molar-refractivity contribution in [2.45, 2.75) is 20.0 Å². The zero-order valence-corrected chi connectivity index (χ0v) is 9.88. The fourth-order valence-corrected chi connectivity index (χ4v) is 1.92. The van der Waals surface area contributed by atoms with Gasteiger partial charge in [0.1, 0.15) is 0 Å². The highest BCUT2D eigenvalue weighted by molar-refractivity contribution is 5.82. The Bertz CT molecular complexity index is 586. The molecule has 0 bridgehead atoms. The van der Waals surface area contributed by atoms with Crippen LogP contribution in [0.2, 0.25) is 0 Å². The van der Waals surface area contributed by atoms with Gasteiger partial charge < -0.3 is 5.11 Å². The quantitative estimate of drug-likeness (QED) is 0.856. The van der Waals surface area contributed by atoms with Crippen LogP contribution >= 0.6 is 0 Å². The third-order valence-electron chi connectivity index (χ3n) is 2.87. The van der Waals surface area contributed by atoms with Gasteiger partial charge in [-0.1, -0.05) is 18.2 Å². The molecule has 1 aromatic heterocycles. The van der Waals surface area contributed by atoms with Gasteiger partial charge in [-0.3, -0.25) is 4.98 Å². The lowest BCUT2D eigenvalue weighted by atomic mass is 9.95. The molecule has 0 aliphatic heterocycles. The molecule has 2 atom stereocenters. The van der Waals surface area contributed by atoms with E-state index < -0.39 is 12.0 Å². The van der Waals surface area contributed by atoms with Gasteiger partial charge in [-0.25, -0.2) is 0 Å². The molecule has 2 aromatic rings. The van der Waals surface area contributed by atoms with E-state index in [2.05, 4.69) is 11.1 Å². The molecule has 0 saturated heterocycles. The average Bonchev–Trinajstić information content (AvgIpc) is 2.35. The number of benzene rings is 1. The van der Waals surface area contributed by atoms with Crippen molar-refractivity contribution >= 4 is 10.9 Å². The third-order valence-corrected chi connectivity index (χ3v) is 2.87. The maximum absolute atomic E-state index is 10.2. The van der Waals surface area contributed by atoms with Crippen LogP contribution in [0.5, 0.6) is 0 Å². The second-order valence-corrected chi connectivity index (χ2v) is 4.23. The smallest absolute Gasteiger partial charge is 0.0952 e. The van der Waals surface area contributed by atoms with Crippen molar-refractivity contribution in [2.24, 2.45) is 5.92 Å². The van der Waals surface area contributed by atoms with E-state index in [9.17, 15) is 5.11 Å². The van der Waals surface area contributed by atoms with Crippen molar-refractivity contribution < 1.29 is 5.11 Å². The summed E-state index contributed by atoms with van der Waals surface area (Å²) in [6.45, 7) is 3.61. The Hall–Kier alpha value is -1.92. The van der Waals surface area contributed by atoms with E-state index in [1.54, 1.807) is 6.92 Å². The topological polar surface area (TPSA) is 56.9 Å². The summed E-state index contributed by atoms with van der Waals surface area (Å²) in [6.07, 6.45) is -0.772. The minimum Gasteiger partial charge on any atom is -0.387 e. The van der Waals surface area contributed by atoms with Crippen LogP contribution in [-0.4, -0.2) is 10.1 Å². The van der Waals surface area contributed by atoms with Crippen LogP contribution in [0.1, 0.15) is 24.3 Å². The molecular formula is C14H14N2O. The highest BCUT2D eigenvalue weighted by Gasteiger charge is 2.18. The number of aryl methyl sites for hydroxylation is 1. The summed E-state index contributed by atoms with van der Waals surface area (Å²) >= 11 is 0. The van der Waals surface area contributed by atoms with Crippen LogP contribution < -0.4 is 0 Å². The molecule has 0 aliphatic carbocycles. The van der Waals surface area contributed by atoms with E-state index in [0.717, 1.165) is 22.2 Å². The number of aromatic nitrogens is 1. The molecule has 0 saturated carbocycles. The van der Waals surface area contributed by atoms with E-state index >= 15 is 0 Å². The van der Waals surface area contributed by atoms with Gasteiger partial charge in [0.2, 0.25) is 0 Å². The van der Waals surface area contributed by atoms with E-state index in [-0.39, 0.29) is 0 Å². The van der Waals surface area contributed by atoms with Gasteiger partial charge >= 0.3 is 0 Å². The van der Waals surface area contributed by atoms with Gasteiger partial charge in [-0.05, 0) is 31.5 Å². The first kappa shape index (κ1) is 11.6. The normalized spacial score (nSPS) is 14.2. The van der Waals surface area contributed by atoms with E-state index in [0.29, 0.717) is 0 Å². The Morgan fingerprint density at radius 1 is 1.35 bits per heavy atom. The first-order chi connectivity index (χ1) is 8.13. The Balaban J connectivity index is 2.64. The molecule has 3 heteroatoms. The van der Waals surface area contributed by atoms with Crippen molar-refractivity contribution in [2.75, 3.05) is 0 Å². The molecule has 0 aliphatic rings. The summed E-state index contributed by atoms with van der Waals surface area (Å²) in [7, 11) is 0. The molecule has 17 heavy (non-hydrogen) atoms. The molecule has 2 rings (SSSR count). The van der Waals surface area contributed by atoms with Crippen LogP contribution in [0.4, 0.5) is 0 Å². The standard InChI is InChI=1S/C14H14N2O/c1-9(8-15)14(17)12-7-10(2)16-13-6-4-3-5-11(12)13/h3-7,9,14,17H,1-2H3. The van der Waals surface area contributed by atoms with Crippen LogP contribution in [0.3, 0.4) is 0 Å². The lowest BCUT2D eigenvalue weighted by Gasteiger charge is -2.15. The Morgan fingerprint density at radius 3 is 2.76 bits per heavy atom.